The number of hydrogen-bond acceptors (Lipinski definition) is 3. The first-order chi connectivity index (χ1) is 9.32. The van der Waals surface area contributed by atoms with Gasteiger partial charge in [0.15, 0.2) is 0 Å². The summed E-state index contributed by atoms with van der Waals surface area (Å²) in [4.78, 5) is 13.8. The first-order valence-electron chi connectivity index (χ1n) is 6.58. The Kier molecular flexibility index (Phi) is 3.67. The molecule has 1 heterocycles. The SMILES string of the molecule is CC(C)(C)N1CC(Nc2cccc(F)c2C#N)CC1=O. The van der Waals surface area contributed by atoms with Crippen molar-refractivity contribution in [1.29, 1.82) is 5.26 Å². The number of nitrogens with zero attached hydrogens (tertiary/aromatic N) is 2. The highest BCUT2D eigenvalue weighted by atomic mass is 19.1. The van der Waals surface area contributed by atoms with Crippen LogP contribution in [0.3, 0.4) is 0 Å². The van der Waals surface area contributed by atoms with E-state index in [9.17, 15) is 9.18 Å². The van der Waals surface area contributed by atoms with Crippen molar-refractivity contribution in [1.82, 2.24) is 4.90 Å². The topological polar surface area (TPSA) is 56.1 Å². The fraction of sp³-hybridized carbons (Fsp3) is 0.467. The molecule has 0 aliphatic carbocycles. The molecule has 1 aliphatic heterocycles. The lowest BCUT2D eigenvalue weighted by atomic mass is 10.1. The number of benzene rings is 1. The minimum atomic E-state index is -0.547. The number of amides is 1. The summed E-state index contributed by atoms with van der Waals surface area (Å²) in [6.45, 7) is 6.51. The Balaban J connectivity index is 2.16. The van der Waals surface area contributed by atoms with Crippen LogP contribution in [0, 0.1) is 17.1 Å². The van der Waals surface area contributed by atoms with Gasteiger partial charge >= 0.3 is 0 Å². The molecule has 0 radical (unpaired) electrons. The van der Waals surface area contributed by atoms with E-state index >= 15 is 0 Å². The maximum atomic E-state index is 13.5. The van der Waals surface area contributed by atoms with Crippen molar-refractivity contribution < 1.29 is 9.18 Å². The molecule has 2 rings (SSSR count). The van der Waals surface area contributed by atoms with Gasteiger partial charge in [0.25, 0.3) is 0 Å². The molecule has 1 aromatic carbocycles. The van der Waals surface area contributed by atoms with Crippen LogP contribution in [0.4, 0.5) is 10.1 Å². The molecule has 1 fully saturated rings. The summed E-state index contributed by atoms with van der Waals surface area (Å²) in [7, 11) is 0. The molecule has 4 nitrogen and oxygen atoms in total. The minimum absolute atomic E-state index is 0.00541. The van der Waals surface area contributed by atoms with Crippen LogP contribution in [0.15, 0.2) is 18.2 Å². The molecule has 1 N–H and O–H groups in total. The highest BCUT2D eigenvalue weighted by molar-refractivity contribution is 5.81. The van der Waals surface area contributed by atoms with E-state index in [1.807, 2.05) is 26.8 Å². The van der Waals surface area contributed by atoms with Crippen LogP contribution in [0.5, 0.6) is 0 Å². The first kappa shape index (κ1) is 14.3. The monoisotopic (exact) mass is 275 g/mol. The van der Waals surface area contributed by atoms with Crippen LogP contribution in [0.2, 0.25) is 0 Å². The molecule has 106 valence electrons. The average molecular weight is 275 g/mol. The smallest absolute Gasteiger partial charge is 0.225 e. The predicted molar refractivity (Wildman–Crippen MR) is 74.6 cm³/mol. The molecule has 1 aliphatic rings. The second-order valence-electron chi connectivity index (χ2n) is 5.99. The molecule has 1 aromatic rings. The van der Waals surface area contributed by atoms with Crippen LogP contribution >= 0.6 is 0 Å². The average Bonchev–Trinajstić information content (AvgIpc) is 2.70. The van der Waals surface area contributed by atoms with Crippen molar-refractivity contribution >= 4 is 11.6 Å². The van der Waals surface area contributed by atoms with Gasteiger partial charge in [0.05, 0.1) is 11.7 Å². The predicted octanol–water partition coefficient (Wildman–Crippen LogP) is 2.51. The van der Waals surface area contributed by atoms with E-state index in [2.05, 4.69) is 5.32 Å². The largest absolute Gasteiger partial charge is 0.379 e. The van der Waals surface area contributed by atoms with Crippen molar-refractivity contribution in [2.45, 2.75) is 38.8 Å². The van der Waals surface area contributed by atoms with E-state index in [1.54, 1.807) is 17.0 Å². The third kappa shape index (κ3) is 2.74. The van der Waals surface area contributed by atoms with Gasteiger partial charge in [-0.1, -0.05) is 6.07 Å². The van der Waals surface area contributed by atoms with Gasteiger partial charge in [-0.05, 0) is 32.9 Å². The fourth-order valence-corrected chi connectivity index (χ4v) is 2.43. The number of rotatable bonds is 2. The third-order valence-electron chi connectivity index (χ3n) is 3.42. The summed E-state index contributed by atoms with van der Waals surface area (Å²) in [5.74, 6) is -0.473. The van der Waals surface area contributed by atoms with Crippen LogP contribution in [0.25, 0.3) is 0 Å². The summed E-state index contributed by atoms with van der Waals surface area (Å²) in [5.41, 5.74) is 0.211. The van der Waals surface area contributed by atoms with Gasteiger partial charge in [-0.25, -0.2) is 4.39 Å². The standard InChI is InChI=1S/C15H18FN3O/c1-15(2,3)19-9-10(7-14(19)20)18-13-6-4-5-12(16)11(13)8-17/h4-6,10,18H,7,9H2,1-3H3. The van der Waals surface area contributed by atoms with E-state index in [1.165, 1.54) is 6.07 Å². The zero-order valence-corrected chi connectivity index (χ0v) is 11.9. The minimum Gasteiger partial charge on any atom is -0.379 e. The van der Waals surface area contributed by atoms with Gasteiger partial charge in [0.1, 0.15) is 17.4 Å². The number of nitriles is 1. The Bertz CT molecular complexity index is 571. The van der Waals surface area contributed by atoms with Crippen LogP contribution < -0.4 is 5.32 Å². The summed E-state index contributed by atoms with van der Waals surface area (Å²) in [6, 6.07) is 6.22. The Labute approximate surface area is 118 Å². The van der Waals surface area contributed by atoms with Gasteiger partial charge < -0.3 is 10.2 Å². The quantitative estimate of drug-likeness (QED) is 0.902. The van der Waals surface area contributed by atoms with Crippen LogP contribution in [-0.4, -0.2) is 28.9 Å². The van der Waals surface area contributed by atoms with Crippen molar-refractivity contribution in [3.05, 3.63) is 29.6 Å². The van der Waals surface area contributed by atoms with E-state index in [4.69, 9.17) is 5.26 Å². The van der Waals surface area contributed by atoms with Gasteiger partial charge in [-0.3, -0.25) is 4.79 Å². The Hall–Kier alpha value is -2.09. The number of likely N-dealkylation sites (tertiary alicyclic amines) is 1. The molecule has 0 aromatic heterocycles. The van der Waals surface area contributed by atoms with Crippen molar-refractivity contribution in [2.24, 2.45) is 0 Å². The van der Waals surface area contributed by atoms with E-state index in [-0.39, 0.29) is 23.1 Å². The molecule has 0 bridgehead atoms. The highest BCUT2D eigenvalue weighted by Crippen LogP contribution is 2.26. The Morgan fingerprint density at radius 3 is 2.70 bits per heavy atom. The molecule has 1 atom stereocenters. The van der Waals surface area contributed by atoms with E-state index in [0.29, 0.717) is 18.7 Å². The summed E-state index contributed by atoms with van der Waals surface area (Å²) in [6.07, 6.45) is 0.360. The number of nitrogens with one attached hydrogen (secondary N) is 1. The Morgan fingerprint density at radius 2 is 2.15 bits per heavy atom. The maximum absolute atomic E-state index is 13.5. The summed E-state index contributed by atoms with van der Waals surface area (Å²) < 4.78 is 13.5. The number of carbonyl (C=O) groups excluding carboxylic acids is 1. The zero-order chi connectivity index (χ0) is 14.9. The third-order valence-corrected chi connectivity index (χ3v) is 3.42. The zero-order valence-electron chi connectivity index (χ0n) is 11.9. The molecule has 20 heavy (non-hydrogen) atoms. The molecular weight excluding hydrogens is 257 g/mol. The number of halogens is 1. The molecule has 0 spiro atoms. The van der Waals surface area contributed by atoms with Crippen molar-refractivity contribution in [3.63, 3.8) is 0 Å². The first-order valence-corrected chi connectivity index (χ1v) is 6.58. The van der Waals surface area contributed by atoms with Crippen molar-refractivity contribution in [3.8, 4) is 6.07 Å². The van der Waals surface area contributed by atoms with Gasteiger partial charge in [-0.2, -0.15) is 5.26 Å². The molecule has 1 amide bonds. The molecule has 5 heteroatoms. The van der Waals surface area contributed by atoms with Gasteiger partial charge in [0, 0.05) is 18.5 Å². The fourth-order valence-electron chi connectivity index (χ4n) is 2.43. The van der Waals surface area contributed by atoms with E-state index < -0.39 is 5.82 Å². The maximum Gasteiger partial charge on any atom is 0.225 e. The number of hydrogen-bond donors (Lipinski definition) is 1. The summed E-state index contributed by atoms with van der Waals surface area (Å²) in [5, 5.41) is 12.1. The Morgan fingerprint density at radius 1 is 1.45 bits per heavy atom. The lowest BCUT2D eigenvalue weighted by molar-refractivity contribution is -0.131. The van der Waals surface area contributed by atoms with E-state index in [0.717, 1.165) is 0 Å². The lowest BCUT2D eigenvalue weighted by Gasteiger charge is -2.32. The second kappa shape index (κ2) is 5.12. The number of anilines is 1. The molecular formula is C15H18FN3O. The molecule has 1 unspecified atom stereocenters. The highest BCUT2D eigenvalue weighted by Gasteiger charge is 2.36. The van der Waals surface area contributed by atoms with Crippen molar-refractivity contribution in [2.75, 3.05) is 11.9 Å². The lowest BCUT2D eigenvalue weighted by Crippen LogP contribution is -2.43. The van der Waals surface area contributed by atoms with Gasteiger partial charge in [-0.15, -0.1) is 0 Å². The van der Waals surface area contributed by atoms with Crippen LogP contribution in [0.1, 0.15) is 32.8 Å². The second-order valence-corrected chi connectivity index (χ2v) is 5.99. The molecule has 0 saturated carbocycles. The van der Waals surface area contributed by atoms with Gasteiger partial charge in [0.2, 0.25) is 5.91 Å². The van der Waals surface area contributed by atoms with Crippen LogP contribution in [-0.2, 0) is 4.79 Å². The normalized spacial score (nSPS) is 19.1. The summed E-state index contributed by atoms with van der Waals surface area (Å²) >= 11 is 0. The molecule has 1 saturated heterocycles. The number of carbonyl (C=O) groups is 1.